The van der Waals surface area contributed by atoms with Crippen LogP contribution in [0, 0.1) is 40.5 Å². The van der Waals surface area contributed by atoms with Crippen LogP contribution >= 0.6 is 8.07 Å². The molecule has 1 aliphatic carbocycles. The number of aryl methyl sites for hydroxylation is 2. The summed E-state index contributed by atoms with van der Waals surface area (Å²) in [7, 11) is -1.12. The van der Waals surface area contributed by atoms with Gasteiger partial charge in [0.1, 0.15) is 31.3 Å². The standard InChI is InChI=1S/C26H33N2OP.2CH3.Ir/c1-17(2)22-16-29-26(27-22)25-20-13-14-21(15-20)28(25)30(23-11-7-5-9-18(23)3)24-12-8-6-10-19(24)4;;;/h5-12,17,20-22,25H,13-16H2,1-4H3;2*1H3;/q;2*-1;/p+1/t20-,21+,22-,25?;;;/m1.../s1. The number of rotatable bonds is 5. The monoisotopic (exact) mass is 644 g/mol. The van der Waals surface area contributed by atoms with E-state index in [2.05, 4.69) is 80.9 Å². The minimum absolute atomic E-state index is 0. The summed E-state index contributed by atoms with van der Waals surface area (Å²) >= 11 is 0. The molecule has 0 aromatic heterocycles. The van der Waals surface area contributed by atoms with Crippen LogP contribution in [0.15, 0.2) is 53.5 Å². The molecule has 5 heteroatoms. The topological polar surface area (TPSA) is 24.8 Å². The van der Waals surface area contributed by atoms with E-state index in [1.165, 1.54) is 41.0 Å². The van der Waals surface area contributed by atoms with Crippen LogP contribution in [0.25, 0.3) is 0 Å². The van der Waals surface area contributed by atoms with Crippen LogP contribution in [0.5, 0.6) is 0 Å². The summed E-state index contributed by atoms with van der Waals surface area (Å²) < 4.78 is 9.18. The Balaban J connectivity index is 0.00000128. The predicted molar refractivity (Wildman–Crippen MR) is 142 cm³/mol. The van der Waals surface area contributed by atoms with Gasteiger partial charge in [0.2, 0.25) is 5.90 Å². The third-order valence-electron chi connectivity index (χ3n) is 7.36. The van der Waals surface area contributed by atoms with Gasteiger partial charge in [-0.05, 0) is 68.2 Å². The Hall–Kier alpha value is -1.05. The molecule has 4 atom stereocenters. The second kappa shape index (κ2) is 11.6. The molecule has 2 heterocycles. The summed E-state index contributed by atoms with van der Waals surface area (Å²) in [4.78, 5) is 5.12. The molecule has 2 fully saturated rings. The maximum absolute atomic E-state index is 6.30. The van der Waals surface area contributed by atoms with Crippen LogP contribution in [0.4, 0.5) is 0 Å². The Kier molecular flexibility index (Phi) is 9.90. The number of ether oxygens (including phenoxy) is 1. The molecule has 5 rings (SSSR count). The van der Waals surface area contributed by atoms with E-state index in [0.29, 0.717) is 30.0 Å². The number of hydrogen-bond donors (Lipinski definition) is 0. The Morgan fingerprint density at radius 1 is 0.939 bits per heavy atom. The molecular weight excluding hydrogens is 604 g/mol. The summed E-state index contributed by atoms with van der Waals surface area (Å²) in [6, 6.07) is 19.4. The first kappa shape index (κ1) is 28.2. The summed E-state index contributed by atoms with van der Waals surface area (Å²) in [6.45, 7) is 9.83. The van der Waals surface area contributed by atoms with Gasteiger partial charge in [-0.3, -0.25) is 0 Å². The molecule has 3 aliphatic rings. The summed E-state index contributed by atoms with van der Waals surface area (Å²) in [5, 5.41) is 3.04. The van der Waals surface area contributed by atoms with Gasteiger partial charge in [-0.2, -0.15) is 4.67 Å². The molecule has 0 spiro atoms. The minimum atomic E-state index is -1.12. The molecule has 33 heavy (non-hydrogen) atoms. The van der Waals surface area contributed by atoms with E-state index in [1.54, 1.807) is 0 Å². The second-order valence-corrected chi connectivity index (χ2v) is 11.9. The maximum atomic E-state index is 6.30. The van der Waals surface area contributed by atoms with Crippen molar-refractivity contribution in [2.45, 2.75) is 65.1 Å². The third kappa shape index (κ3) is 5.15. The van der Waals surface area contributed by atoms with Crippen LogP contribution < -0.4 is 10.6 Å². The first-order valence-corrected chi connectivity index (χ1v) is 13.0. The van der Waals surface area contributed by atoms with Gasteiger partial charge in [-0.1, -0.05) is 50.2 Å². The molecule has 1 saturated carbocycles. The molecule has 0 amide bonds. The van der Waals surface area contributed by atoms with Gasteiger partial charge in [0.25, 0.3) is 0 Å². The van der Waals surface area contributed by atoms with Gasteiger partial charge in [-0.25, -0.2) is 4.99 Å². The quantitative estimate of drug-likeness (QED) is 0.314. The van der Waals surface area contributed by atoms with Gasteiger partial charge in [-0.15, -0.1) is 0 Å². The van der Waals surface area contributed by atoms with Crippen LogP contribution in [-0.4, -0.2) is 35.3 Å². The number of nitrogens with zero attached hydrogens (tertiary/aromatic N) is 2. The first-order chi connectivity index (χ1) is 14.5. The molecule has 1 radical (unpaired) electrons. The normalized spacial score (nSPS) is 25.8. The minimum Gasteiger partial charge on any atom is -0.477 e. The van der Waals surface area contributed by atoms with Crippen LogP contribution in [0.3, 0.4) is 0 Å². The van der Waals surface area contributed by atoms with E-state index >= 15 is 0 Å². The fourth-order valence-electron chi connectivity index (χ4n) is 5.64. The molecule has 3 nitrogen and oxygen atoms in total. The number of piperidine rings is 1. The summed E-state index contributed by atoms with van der Waals surface area (Å²) in [5.74, 6) is 2.25. The van der Waals surface area contributed by atoms with E-state index in [0.717, 1.165) is 12.5 Å². The summed E-state index contributed by atoms with van der Waals surface area (Å²) in [5.41, 5.74) is 2.82. The van der Waals surface area contributed by atoms with Crippen molar-refractivity contribution < 1.29 is 24.8 Å². The zero-order chi connectivity index (χ0) is 20.8. The summed E-state index contributed by atoms with van der Waals surface area (Å²) in [6.07, 6.45) is 3.93. The van der Waals surface area contributed by atoms with Gasteiger partial charge >= 0.3 is 0 Å². The Morgan fingerprint density at radius 3 is 2.03 bits per heavy atom. The van der Waals surface area contributed by atoms with E-state index in [9.17, 15) is 0 Å². The van der Waals surface area contributed by atoms with Crippen LogP contribution in [0.2, 0.25) is 0 Å². The molecule has 183 valence electrons. The van der Waals surface area contributed by atoms with Crippen molar-refractivity contribution in [2.24, 2.45) is 16.8 Å². The largest absolute Gasteiger partial charge is 0.477 e. The number of fused-ring (bicyclic) bond motifs is 2. The van der Waals surface area contributed by atoms with Crippen LogP contribution in [0.1, 0.15) is 44.2 Å². The van der Waals surface area contributed by atoms with Crippen molar-refractivity contribution in [3.8, 4) is 0 Å². The molecular formula is C28H40IrN2OP-. The van der Waals surface area contributed by atoms with Crippen molar-refractivity contribution in [3.05, 3.63) is 74.5 Å². The molecule has 2 bridgehead atoms. The maximum Gasteiger partial charge on any atom is 0.205 e. The van der Waals surface area contributed by atoms with Crippen molar-refractivity contribution in [3.63, 3.8) is 0 Å². The SMILES string of the molecule is Cc1ccccc1[PH+](c1ccccc1C)N1C(C2=N[C@@H](C(C)C)CO2)[C@@H]2CC[C@H]1C2.[CH3-].[CH3-].[Ir]. The van der Waals surface area contributed by atoms with E-state index in [1.807, 2.05) is 0 Å². The smallest absolute Gasteiger partial charge is 0.205 e. The average molecular weight is 644 g/mol. The van der Waals surface area contributed by atoms with Crippen molar-refractivity contribution in [1.29, 1.82) is 0 Å². The average Bonchev–Trinajstić information content (AvgIpc) is 3.47. The van der Waals surface area contributed by atoms with Gasteiger partial charge in [0, 0.05) is 26.1 Å². The third-order valence-corrected chi connectivity index (χ3v) is 10.7. The van der Waals surface area contributed by atoms with Crippen molar-refractivity contribution >= 4 is 24.6 Å². The number of benzene rings is 2. The molecule has 2 aromatic rings. The Morgan fingerprint density at radius 2 is 1.52 bits per heavy atom. The molecule has 0 N–H and O–H groups in total. The molecule has 2 aliphatic heterocycles. The van der Waals surface area contributed by atoms with E-state index < -0.39 is 8.07 Å². The number of hydrogen-bond acceptors (Lipinski definition) is 3. The number of aliphatic imine (C=N–C) groups is 1. The van der Waals surface area contributed by atoms with Gasteiger partial charge in [0.05, 0.1) is 6.04 Å². The second-order valence-electron chi connectivity index (χ2n) is 9.65. The Bertz CT molecular complexity index is 917. The zero-order valence-electron chi connectivity index (χ0n) is 21.0. The van der Waals surface area contributed by atoms with Gasteiger partial charge in [0.15, 0.2) is 0 Å². The van der Waals surface area contributed by atoms with E-state index in [4.69, 9.17) is 9.73 Å². The first-order valence-electron chi connectivity index (χ1n) is 11.5. The fraction of sp³-hybridized carbons (Fsp3) is 0.464. The van der Waals surface area contributed by atoms with Gasteiger partial charge < -0.3 is 19.6 Å². The predicted octanol–water partition coefficient (Wildman–Crippen LogP) is 5.59. The fourth-order valence-corrected chi connectivity index (χ4v) is 9.11. The molecule has 1 unspecified atom stereocenters. The molecule has 2 aromatic carbocycles. The van der Waals surface area contributed by atoms with Crippen molar-refractivity contribution in [2.75, 3.05) is 6.61 Å². The molecule has 1 saturated heterocycles. The zero-order valence-corrected chi connectivity index (χ0v) is 24.4. The van der Waals surface area contributed by atoms with E-state index in [-0.39, 0.29) is 35.0 Å². The van der Waals surface area contributed by atoms with Crippen LogP contribution in [-0.2, 0) is 24.8 Å². The Labute approximate surface area is 216 Å². The van der Waals surface area contributed by atoms with Crippen molar-refractivity contribution in [1.82, 2.24) is 4.67 Å².